The van der Waals surface area contributed by atoms with Crippen LogP contribution in [0.5, 0.6) is 0 Å². The van der Waals surface area contributed by atoms with Gasteiger partial charge in [0.15, 0.2) is 0 Å². The summed E-state index contributed by atoms with van der Waals surface area (Å²) >= 11 is 0. The van der Waals surface area contributed by atoms with Gasteiger partial charge < -0.3 is 14.9 Å². The number of piperidine rings is 1. The van der Waals surface area contributed by atoms with Crippen molar-refractivity contribution < 1.29 is 14.7 Å². The fraction of sp³-hybridized carbons (Fsp3) is 0.833. The smallest absolute Gasteiger partial charge is 0.242 e. The van der Waals surface area contributed by atoms with Crippen molar-refractivity contribution in [2.75, 3.05) is 26.2 Å². The van der Waals surface area contributed by atoms with Gasteiger partial charge in [-0.25, -0.2) is 0 Å². The third kappa shape index (κ3) is 2.77. The van der Waals surface area contributed by atoms with Gasteiger partial charge in [0, 0.05) is 26.1 Å². The number of hydrogen-bond acceptors (Lipinski definition) is 3. The van der Waals surface area contributed by atoms with Gasteiger partial charge in [0.05, 0.1) is 12.6 Å². The molecule has 5 heteroatoms. The van der Waals surface area contributed by atoms with Crippen LogP contribution in [0.2, 0.25) is 0 Å². The molecule has 2 amide bonds. The third-order valence-corrected chi connectivity index (χ3v) is 3.71. The number of carbonyl (C=O) groups is 2. The quantitative estimate of drug-likeness (QED) is 0.729. The molecule has 2 saturated heterocycles. The zero-order valence-electron chi connectivity index (χ0n) is 10.3. The average Bonchev–Trinajstić information content (AvgIpc) is 2.68. The number of amides is 2. The Bertz CT molecular complexity index is 319. The van der Waals surface area contributed by atoms with Crippen LogP contribution in [0.1, 0.15) is 26.2 Å². The van der Waals surface area contributed by atoms with Gasteiger partial charge >= 0.3 is 0 Å². The zero-order chi connectivity index (χ0) is 12.4. The minimum Gasteiger partial charge on any atom is -0.393 e. The lowest BCUT2D eigenvalue weighted by Gasteiger charge is -2.35. The molecule has 0 aromatic heterocycles. The fourth-order valence-electron chi connectivity index (χ4n) is 2.49. The summed E-state index contributed by atoms with van der Waals surface area (Å²) in [5.41, 5.74) is 0. The Balaban J connectivity index is 1.85. The van der Waals surface area contributed by atoms with Gasteiger partial charge in [0.1, 0.15) is 0 Å². The molecule has 5 nitrogen and oxygen atoms in total. The van der Waals surface area contributed by atoms with Crippen molar-refractivity contribution in [2.45, 2.75) is 32.3 Å². The lowest BCUT2D eigenvalue weighted by molar-refractivity contribution is -0.140. The maximum Gasteiger partial charge on any atom is 0.242 e. The molecule has 0 radical (unpaired) electrons. The van der Waals surface area contributed by atoms with Crippen molar-refractivity contribution in [1.82, 2.24) is 9.80 Å². The zero-order valence-corrected chi connectivity index (χ0v) is 10.3. The first-order chi connectivity index (χ1) is 8.08. The van der Waals surface area contributed by atoms with Crippen LogP contribution in [0.3, 0.4) is 0 Å². The minimum absolute atomic E-state index is 0.0130. The molecule has 0 aliphatic carbocycles. The topological polar surface area (TPSA) is 60.9 Å². The van der Waals surface area contributed by atoms with Gasteiger partial charge in [-0.2, -0.15) is 0 Å². The van der Waals surface area contributed by atoms with Gasteiger partial charge in [-0.05, 0) is 18.8 Å². The first-order valence-corrected chi connectivity index (χ1v) is 6.31. The van der Waals surface area contributed by atoms with E-state index in [1.165, 1.54) is 0 Å². The van der Waals surface area contributed by atoms with E-state index < -0.39 is 0 Å². The van der Waals surface area contributed by atoms with E-state index in [2.05, 4.69) is 0 Å². The first-order valence-electron chi connectivity index (χ1n) is 6.31. The second kappa shape index (κ2) is 5.04. The van der Waals surface area contributed by atoms with Crippen molar-refractivity contribution in [2.24, 2.45) is 5.92 Å². The number of aliphatic hydroxyl groups excluding tert-OH is 1. The molecule has 2 atom stereocenters. The molecule has 0 spiro atoms. The second-order valence-corrected chi connectivity index (χ2v) is 5.09. The highest BCUT2D eigenvalue weighted by Crippen LogP contribution is 2.17. The lowest BCUT2D eigenvalue weighted by atomic mass is 9.97. The Morgan fingerprint density at radius 2 is 2.24 bits per heavy atom. The summed E-state index contributed by atoms with van der Waals surface area (Å²) in [7, 11) is 0. The molecule has 2 fully saturated rings. The molecule has 2 heterocycles. The molecule has 2 aliphatic rings. The summed E-state index contributed by atoms with van der Waals surface area (Å²) in [5.74, 6) is 0.226. The summed E-state index contributed by atoms with van der Waals surface area (Å²) in [5, 5.41) is 9.60. The van der Waals surface area contributed by atoms with E-state index in [9.17, 15) is 14.7 Å². The van der Waals surface area contributed by atoms with Gasteiger partial charge in [-0.15, -0.1) is 0 Å². The van der Waals surface area contributed by atoms with E-state index in [0.29, 0.717) is 32.5 Å². The fourth-order valence-corrected chi connectivity index (χ4v) is 2.49. The normalized spacial score (nSPS) is 29.9. The van der Waals surface area contributed by atoms with Gasteiger partial charge in [0.2, 0.25) is 11.8 Å². The van der Waals surface area contributed by atoms with Gasteiger partial charge in [-0.1, -0.05) is 6.92 Å². The molecular weight excluding hydrogens is 220 g/mol. The Morgan fingerprint density at radius 1 is 1.47 bits per heavy atom. The highest BCUT2D eigenvalue weighted by molar-refractivity contribution is 5.85. The molecule has 1 N–H and O–H groups in total. The van der Waals surface area contributed by atoms with Gasteiger partial charge in [0.25, 0.3) is 0 Å². The Morgan fingerprint density at radius 3 is 2.82 bits per heavy atom. The average molecular weight is 240 g/mol. The number of nitrogens with zero attached hydrogens (tertiary/aromatic N) is 2. The van der Waals surface area contributed by atoms with Crippen molar-refractivity contribution in [3.63, 3.8) is 0 Å². The van der Waals surface area contributed by atoms with E-state index in [1.807, 2.05) is 6.92 Å². The Kier molecular flexibility index (Phi) is 3.66. The standard InChI is InChI=1S/C12H20N2O3/c1-9-7-14(6-4-10(9)15)12(17)8-13-5-2-3-11(13)16/h9-10,15H,2-8H2,1H3. The number of aliphatic hydroxyl groups is 1. The second-order valence-electron chi connectivity index (χ2n) is 5.09. The molecule has 2 unspecified atom stereocenters. The third-order valence-electron chi connectivity index (χ3n) is 3.71. The molecule has 0 aromatic rings. The van der Waals surface area contributed by atoms with Gasteiger partial charge in [-0.3, -0.25) is 9.59 Å². The van der Waals surface area contributed by atoms with E-state index in [0.717, 1.165) is 6.42 Å². The van der Waals surface area contributed by atoms with Crippen LogP contribution < -0.4 is 0 Å². The molecule has 0 aromatic carbocycles. The first kappa shape index (κ1) is 12.4. The largest absolute Gasteiger partial charge is 0.393 e. The van der Waals surface area contributed by atoms with Crippen LogP contribution in [0.4, 0.5) is 0 Å². The molecule has 17 heavy (non-hydrogen) atoms. The Hall–Kier alpha value is -1.10. The van der Waals surface area contributed by atoms with Crippen molar-refractivity contribution in [1.29, 1.82) is 0 Å². The summed E-state index contributed by atoms with van der Waals surface area (Å²) in [6, 6.07) is 0. The monoisotopic (exact) mass is 240 g/mol. The van der Waals surface area contributed by atoms with E-state index in [1.54, 1.807) is 9.80 Å². The van der Waals surface area contributed by atoms with Crippen LogP contribution in [0.15, 0.2) is 0 Å². The SMILES string of the molecule is CC1CN(C(=O)CN2CCCC2=O)CCC1O. The van der Waals surface area contributed by atoms with Crippen molar-refractivity contribution in [3.8, 4) is 0 Å². The van der Waals surface area contributed by atoms with Crippen molar-refractivity contribution in [3.05, 3.63) is 0 Å². The summed E-state index contributed by atoms with van der Waals surface area (Å²) in [4.78, 5) is 26.8. The van der Waals surface area contributed by atoms with Crippen molar-refractivity contribution >= 4 is 11.8 Å². The molecule has 2 aliphatic heterocycles. The molecule has 96 valence electrons. The predicted molar refractivity (Wildman–Crippen MR) is 62.2 cm³/mol. The Labute approximate surface area is 101 Å². The summed E-state index contributed by atoms with van der Waals surface area (Å²) < 4.78 is 0. The summed E-state index contributed by atoms with van der Waals surface area (Å²) in [6.07, 6.45) is 1.78. The highest BCUT2D eigenvalue weighted by atomic mass is 16.3. The van der Waals surface area contributed by atoms with Crippen LogP contribution in [0.25, 0.3) is 0 Å². The molecule has 2 rings (SSSR count). The van der Waals surface area contributed by atoms with Crippen LogP contribution in [-0.4, -0.2) is 59.0 Å². The van der Waals surface area contributed by atoms with E-state index in [4.69, 9.17) is 0 Å². The number of rotatable bonds is 2. The van der Waals surface area contributed by atoms with Crippen LogP contribution in [0, 0.1) is 5.92 Å². The number of hydrogen-bond donors (Lipinski definition) is 1. The number of likely N-dealkylation sites (tertiary alicyclic amines) is 2. The molecule has 0 saturated carbocycles. The lowest BCUT2D eigenvalue weighted by Crippen LogP contribution is -2.48. The minimum atomic E-state index is -0.299. The maximum absolute atomic E-state index is 12.0. The van der Waals surface area contributed by atoms with Crippen LogP contribution >= 0.6 is 0 Å². The number of carbonyl (C=O) groups excluding carboxylic acids is 2. The molecule has 0 bridgehead atoms. The predicted octanol–water partition coefficient (Wildman–Crippen LogP) is -0.162. The summed E-state index contributed by atoms with van der Waals surface area (Å²) in [6.45, 7) is 4.07. The maximum atomic E-state index is 12.0. The molecular formula is C12H20N2O3. The van der Waals surface area contributed by atoms with Crippen LogP contribution in [-0.2, 0) is 9.59 Å². The van der Waals surface area contributed by atoms with E-state index >= 15 is 0 Å². The van der Waals surface area contributed by atoms with E-state index in [-0.39, 0.29) is 30.4 Å². The highest BCUT2D eigenvalue weighted by Gasteiger charge is 2.29.